The second kappa shape index (κ2) is 4.52. The molecule has 1 aliphatic carbocycles. The Hall–Kier alpha value is 0.430. The SMILES string of the molecule is O=S1C=C(Cl)C(Cl)N1C1CCCCC1. The van der Waals surface area contributed by atoms with E-state index in [4.69, 9.17) is 23.2 Å². The van der Waals surface area contributed by atoms with Crippen LogP contribution in [-0.2, 0) is 11.0 Å². The van der Waals surface area contributed by atoms with Gasteiger partial charge in [-0.25, -0.2) is 4.21 Å². The minimum atomic E-state index is -1.11. The second-order valence-electron chi connectivity index (χ2n) is 3.77. The van der Waals surface area contributed by atoms with Crippen molar-refractivity contribution in [3.8, 4) is 0 Å². The van der Waals surface area contributed by atoms with E-state index in [1.165, 1.54) is 19.3 Å². The molecule has 1 aliphatic heterocycles. The highest BCUT2D eigenvalue weighted by molar-refractivity contribution is 7.86. The third-order valence-electron chi connectivity index (χ3n) is 2.81. The Balaban J connectivity index is 2.07. The summed E-state index contributed by atoms with van der Waals surface area (Å²) in [5, 5.41) is 2.06. The van der Waals surface area contributed by atoms with Gasteiger partial charge >= 0.3 is 0 Å². The lowest BCUT2D eigenvalue weighted by atomic mass is 9.95. The van der Waals surface area contributed by atoms with E-state index in [1.807, 2.05) is 4.31 Å². The van der Waals surface area contributed by atoms with Crippen LogP contribution in [0.25, 0.3) is 0 Å². The Labute approximate surface area is 96.8 Å². The first-order valence-corrected chi connectivity index (χ1v) is 6.89. The van der Waals surface area contributed by atoms with Gasteiger partial charge in [0.15, 0.2) is 0 Å². The van der Waals surface area contributed by atoms with Crippen LogP contribution in [0.2, 0.25) is 0 Å². The van der Waals surface area contributed by atoms with Gasteiger partial charge in [-0.05, 0) is 12.8 Å². The highest BCUT2D eigenvalue weighted by Crippen LogP contribution is 2.35. The fourth-order valence-electron chi connectivity index (χ4n) is 2.09. The van der Waals surface area contributed by atoms with Gasteiger partial charge in [0.1, 0.15) is 16.5 Å². The molecule has 0 aromatic rings. The summed E-state index contributed by atoms with van der Waals surface area (Å²) >= 11 is 12.0. The molecule has 80 valence electrons. The van der Waals surface area contributed by atoms with E-state index >= 15 is 0 Å². The predicted octanol–water partition coefficient (Wildman–Crippen LogP) is 2.94. The van der Waals surface area contributed by atoms with Crippen LogP contribution in [-0.4, -0.2) is 20.1 Å². The molecule has 0 aromatic heterocycles. The van der Waals surface area contributed by atoms with Crippen LogP contribution >= 0.6 is 23.2 Å². The summed E-state index contributed by atoms with van der Waals surface area (Å²) in [5.74, 6) is 0. The first kappa shape index (κ1) is 10.9. The van der Waals surface area contributed by atoms with Crippen molar-refractivity contribution < 1.29 is 4.21 Å². The molecule has 2 aliphatic rings. The fourth-order valence-corrected chi connectivity index (χ4v) is 4.26. The maximum atomic E-state index is 11.7. The molecule has 1 heterocycles. The van der Waals surface area contributed by atoms with Gasteiger partial charge in [-0.15, -0.1) is 0 Å². The molecule has 0 N–H and O–H groups in total. The molecule has 0 aromatic carbocycles. The molecule has 1 saturated carbocycles. The van der Waals surface area contributed by atoms with Gasteiger partial charge < -0.3 is 0 Å². The Morgan fingerprint density at radius 3 is 2.50 bits per heavy atom. The summed E-state index contributed by atoms with van der Waals surface area (Å²) in [6.07, 6.45) is 5.88. The van der Waals surface area contributed by atoms with Crippen molar-refractivity contribution in [2.24, 2.45) is 0 Å². The molecule has 0 saturated heterocycles. The van der Waals surface area contributed by atoms with E-state index in [0.717, 1.165) is 12.8 Å². The Bertz CT molecular complexity index is 276. The van der Waals surface area contributed by atoms with E-state index in [1.54, 1.807) is 5.41 Å². The van der Waals surface area contributed by atoms with Gasteiger partial charge in [-0.1, -0.05) is 42.5 Å². The van der Waals surface area contributed by atoms with Gasteiger partial charge in [0.2, 0.25) is 0 Å². The molecule has 2 rings (SSSR count). The third-order valence-corrected chi connectivity index (χ3v) is 5.30. The molecule has 0 spiro atoms. The summed E-state index contributed by atoms with van der Waals surface area (Å²) in [4.78, 5) is 0. The zero-order chi connectivity index (χ0) is 10.1. The zero-order valence-electron chi connectivity index (χ0n) is 7.79. The van der Waals surface area contributed by atoms with Gasteiger partial charge in [-0.3, -0.25) is 0 Å². The van der Waals surface area contributed by atoms with Crippen molar-refractivity contribution in [2.45, 2.75) is 43.6 Å². The first-order valence-electron chi connectivity index (χ1n) is 4.90. The maximum Gasteiger partial charge on any atom is 0.134 e. The normalized spacial score (nSPS) is 36.0. The van der Waals surface area contributed by atoms with Crippen molar-refractivity contribution in [3.05, 3.63) is 10.4 Å². The van der Waals surface area contributed by atoms with Crippen LogP contribution in [0.15, 0.2) is 10.4 Å². The van der Waals surface area contributed by atoms with Gasteiger partial charge in [0.25, 0.3) is 0 Å². The number of hydrogen-bond acceptors (Lipinski definition) is 1. The molecule has 0 radical (unpaired) electrons. The molecular weight excluding hydrogens is 241 g/mol. The lowest BCUT2D eigenvalue weighted by Crippen LogP contribution is -2.39. The highest BCUT2D eigenvalue weighted by Gasteiger charge is 2.36. The average Bonchev–Trinajstić information content (AvgIpc) is 2.43. The molecule has 0 amide bonds. The van der Waals surface area contributed by atoms with Crippen LogP contribution in [0, 0.1) is 0 Å². The zero-order valence-corrected chi connectivity index (χ0v) is 10.1. The average molecular weight is 254 g/mol. The topological polar surface area (TPSA) is 20.3 Å². The van der Waals surface area contributed by atoms with Crippen molar-refractivity contribution >= 4 is 34.2 Å². The van der Waals surface area contributed by atoms with Gasteiger partial charge in [0.05, 0.1) is 5.03 Å². The van der Waals surface area contributed by atoms with Crippen LogP contribution in [0.3, 0.4) is 0 Å². The molecule has 1 fully saturated rings. The van der Waals surface area contributed by atoms with Crippen LogP contribution in [0.1, 0.15) is 32.1 Å². The molecule has 2 nitrogen and oxygen atoms in total. The van der Waals surface area contributed by atoms with E-state index in [-0.39, 0.29) is 5.50 Å². The lowest BCUT2D eigenvalue weighted by Gasteiger charge is -2.31. The number of nitrogens with zero attached hydrogens (tertiary/aromatic N) is 1. The fraction of sp³-hybridized carbons (Fsp3) is 0.778. The number of hydrogen-bond donors (Lipinski definition) is 0. The monoisotopic (exact) mass is 253 g/mol. The van der Waals surface area contributed by atoms with Crippen molar-refractivity contribution in [1.82, 2.24) is 4.31 Å². The highest BCUT2D eigenvalue weighted by atomic mass is 35.5. The number of halogens is 2. The van der Waals surface area contributed by atoms with E-state index in [0.29, 0.717) is 11.1 Å². The first-order chi connectivity index (χ1) is 6.70. The number of rotatable bonds is 1. The molecule has 5 heteroatoms. The number of alkyl halides is 1. The predicted molar refractivity (Wildman–Crippen MR) is 60.4 cm³/mol. The van der Waals surface area contributed by atoms with Gasteiger partial charge in [0, 0.05) is 11.4 Å². The molecule has 14 heavy (non-hydrogen) atoms. The molecular formula is C9H13Cl2NOS. The summed E-state index contributed by atoms with van der Waals surface area (Å²) < 4.78 is 13.5. The van der Waals surface area contributed by atoms with Crippen LogP contribution < -0.4 is 0 Å². The van der Waals surface area contributed by atoms with Crippen LogP contribution in [0.4, 0.5) is 0 Å². The van der Waals surface area contributed by atoms with Crippen molar-refractivity contribution in [1.29, 1.82) is 0 Å². The maximum absolute atomic E-state index is 11.7. The third kappa shape index (κ3) is 2.01. The summed E-state index contributed by atoms with van der Waals surface area (Å²) in [6, 6.07) is 0.347. The molecule has 2 unspecified atom stereocenters. The Morgan fingerprint density at radius 2 is 2.00 bits per heavy atom. The quantitative estimate of drug-likeness (QED) is 0.520. The Morgan fingerprint density at radius 1 is 1.36 bits per heavy atom. The van der Waals surface area contributed by atoms with Crippen LogP contribution in [0.5, 0.6) is 0 Å². The lowest BCUT2D eigenvalue weighted by molar-refractivity contribution is 0.270. The van der Waals surface area contributed by atoms with E-state index < -0.39 is 11.0 Å². The smallest absolute Gasteiger partial charge is 0.134 e. The summed E-state index contributed by atoms with van der Waals surface area (Å²) in [5.41, 5.74) is -0.374. The summed E-state index contributed by atoms with van der Waals surface area (Å²) in [7, 11) is -1.11. The van der Waals surface area contributed by atoms with E-state index in [9.17, 15) is 4.21 Å². The summed E-state index contributed by atoms with van der Waals surface area (Å²) in [6.45, 7) is 0. The minimum Gasteiger partial charge on any atom is -0.238 e. The Kier molecular flexibility index (Phi) is 3.53. The minimum absolute atomic E-state index is 0.347. The van der Waals surface area contributed by atoms with Gasteiger partial charge in [-0.2, -0.15) is 4.31 Å². The molecule has 0 bridgehead atoms. The standard InChI is InChI=1S/C9H13Cl2NOS/c10-8-6-14(13)12(9(8)11)7-4-2-1-3-5-7/h6-7,9H,1-5H2. The molecule has 2 atom stereocenters. The second-order valence-corrected chi connectivity index (χ2v) is 5.83. The largest absolute Gasteiger partial charge is 0.238 e. The van der Waals surface area contributed by atoms with E-state index in [2.05, 4.69) is 0 Å². The van der Waals surface area contributed by atoms with Crippen molar-refractivity contribution in [2.75, 3.05) is 0 Å². The van der Waals surface area contributed by atoms with Crippen molar-refractivity contribution in [3.63, 3.8) is 0 Å².